The molecule has 0 aromatic carbocycles. The van der Waals surface area contributed by atoms with Gasteiger partial charge in [0.2, 0.25) is 0 Å². The van der Waals surface area contributed by atoms with Crippen molar-refractivity contribution in [1.82, 2.24) is 15.2 Å². The molecule has 0 aliphatic carbocycles. The molecular weight excluding hydrogens is 224 g/mol. The Morgan fingerprint density at radius 3 is 2.50 bits per heavy atom. The monoisotopic (exact) mass is 252 g/mol. The molecule has 0 aliphatic heterocycles. The van der Waals surface area contributed by atoms with Crippen molar-refractivity contribution in [3.63, 3.8) is 0 Å². The van der Waals surface area contributed by atoms with Crippen LogP contribution in [0.1, 0.15) is 58.6 Å². The molecule has 104 valence electrons. The van der Waals surface area contributed by atoms with E-state index >= 15 is 0 Å². The highest BCUT2D eigenvalue weighted by Gasteiger charge is 2.23. The van der Waals surface area contributed by atoms with Gasteiger partial charge in [0.25, 0.3) is 0 Å². The van der Waals surface area contributed by atoms with E-state index in [1.807, 2.05) is 0 Å². The van der Waals surface area contributed by atoms with Crippen molar-refractivity contribution in [3.05, 3.63) is 11.6 Å². The van der Waals surface area contributed by atoms with Gasteiger partial charge in [0.15, 0.2) is 5.82 Å². The largest absolute Gasteiger partial charge is 0.330 e. The maximum atomic E-state index is 5.70. The van der Waals surface area contributed by atoms with E-state index in [-0.39, 0.29) is 0 Å². The van der Waals surface area contributed by atoms with Crippen LogP contribution < -0.4 is 5.73 Å². The minimum Gasteiger partial charge on any atom is -0.330 e. The normalized spacial score (nSPS) is 13.8. The van der Waals surface area contributed by atoms with Crippen molar-refractivity contribution in [2.24, 2.45) is 17.1 Å². The first-order chi connectivity index (χ1) is 8.47. The van der Waals surface area contributed by atoms with Crippen LogP contribution >= 0.6 is 0 Å². The van der Waals surface area contributed by atoms with Crippen molar-refractivity contribution >= 4 is 0 Å². The first-order valence-electron chi connectivity index (χ1n) is 7.07. The summed E-state index contributed by atoms with van der Waals surface area (Å²) in [6.07, 6.45) is 5.23. The van der Waals surface area contributed by atoms with E-state index in [0.717, 1.165) is 50.3 Å². The second kappa shape index (κ2) is 6.88. The Labute approximate surface area is 111 Å². The lowest BCUT2D eigenvalue weighted by Crippen LogP contribution is -2.24. The molecule has 1 rings (SSSR count). The van der Waals surface area contributed by atoms with Crippen LogP contribution in [0, 0.1) is 11.3 Å². The average Bonchev–Trinajstić information content (AvgIpc) is 2.71. The highest BCUT2D eigenvalue weighted by Crippen LogP contribution is 2.31. The van der Waals surface area contributed by atoms with Crippen molar-refractivity contribution in [2.45, 2.75) is 59.8 Å². The van der Waals surface area contributed by atoms with E-state index < -0.39 is 0 Å². The molecule has 0 fully saturated rings. The molecule has 18 heavy (non-hydrogen) atoms. The topological polar surface area (TPSA) is 67.6 Å². The minimum atomic E-state index is 0.307. The first kappa shape index (κ1) is 15.2. The van der Waals surface area contributed by atoms with Gasteiger partial charge in [-0.1, -0.05) is 27.7 Å². The fourth-order valence-corrected chi connectivity index (χ4v) is 2.31. The SMILES string of the molecule is CCCc1nc(CCC(CCN)C(C)(C)C)n[nH]1. The van der Waals surface area contributed by atoms with Crippen LogP contribution in [0.15, 0.2) is 0 Å². The van der Waals surface area contributed by atoms with Crippen LogP contribution in [-0.2, 0) is 12.8 Å². The highest BCUT2D eigenvalue weighted by molar-refractivity contribution is 4.91. The molecule has 4 nitrogen and oxygen atoms in total. The molecule has 1 aromatic rings. The number of H-pyrrole nitrogens is 1. The molecular formula is C14H28N4. The molecule has 0 spiro atoms. The number of nitrogens with zero attached hydrogens (tertiary/aromatic N) is 2. The number of hydrogen-bond donors (Lipinski definition) is 2. The van der Waals surface area contributed by atoms with Crippen molar-refractivity contribution in [3.8, 4) is 0 Å². The van der Waals surface area contributed by atoms with E-state index in [1.54, 1.807) is 0 Å². The van der Waals surface area contributed by atoms with Crippen LogP contribution in [0.25, 0.3) is 0 Å². The summed E-state index contributed by atoms with van der Waals surface area (Å²) in [5, 5.41) is 7.30. The first-order valence-corrected chi connectivity index (χ1v) is 7.07. The summed E-state index contributed by atoms with van der Waals surface area (Å²) < 4.78 is 0. The molecule has 1 aromatic heterocycles. The molecule has 0 bridgehead atoms. The lowest BCUT2D eigenvalue weighted by molar-refractivity contribution is 0.214. The quantitative estimate of drug-likeness (QED) is 0.784. The van der Waals surface area contributed by atoms with Crippen molar-refractivity contribution < 1.29 is 0 Å². The Morgan fingerprint density at radius 1 is 1.22 bits per heavy atom. The molecule has 3 N–H and O–H groups in total. The molecule has 0 radical (unpaired) electrons. The molecule has 1 unspecified atom stereocenters. The summed E-state index contributed by atoms with van der Waals surface area (Å²) in [5.41, 5.74) is 6.01. The fourth-order valence-electron chi connectivity index (χ4n) is 2.31. The van der Waals surface area contributed by atoms with Crippen molar-refractivity contribution in [2.75, 3.05) is 6.54 Å². The Balaban J connectivity index is 2.50. The van der Waals surface area contributed by atoms with Gasteiger partial charge in [0.1, 0.15) is 5.82 Å². The minimum absolute atomic E-state index is 0.307. The number of hydrogen-bond acceptors (Lipinski definition) is 3. The van der Waals surface area contributed by atoms with Gasteiger partial charge in [0.05, 0.1) is 0 Å². The number of aromatic amines is 1. The van der Waals surface area contributed by atoms with E-state index in [1.165, 1.54) is 0 Å². The third kappa shape index (κ3) is 4.77. The van der Waals surface area contributed by atoms with E-state index in [4.69, 9.17) is 5.73 Å². The summed E-state index contributed by atoms with van der Waals surface area (Å²) in [7, 11) is 0. The predicted molar refractivity (Wildman–Crippen MR) is 75.3 cm³/mol. The third-order valence-corrected chi connectivity index (χ3v) is 3.52. The van der Waals surface area contributed by atoms with Crippen LogP contribution in [-0.4, -0.2) is 21.7 Å². The zero-order chi connectivity index (χ0) is 13.6. The smallest absolute Gasteiger partial charge is 0.150 e. The Kier molecular flexibility index (Phi) is 5.79. The van der Waals surface area contributed by atoms with Gasteiger partial charge in [-0.25, -0.2) is 4.98 Å². The molecule has 1 atom stereocenters. The second-order valence-electron chi connectivity index (χ2n) is 6.13. The van der Waals surface area contributed by atoms with Crippen LogP contribution in [0.2, 0.25) is 0 Å². The van der Waals surface area contributed by atoms with E-state index in [9.17, 15) is 0 Å². The molecule has 0 amide bonds. The Bertz CT molecular complexity index is 338. The number of aromatic nitrogens is 3. The average molecular weight is 252 g/mol. The number of nitrogens with two attached hydrogens (primary N) is 1. The summed E-state index contributed by atoms with van der Waals surface area (Å²) in [6.45, 7) is 9.77. The van der Waals surface area contributed by atoms with Gasteiger partial charge < -0.3 is 5.73 Å². The maximum absolute atomic E-state index is 5.70. The lowest BCUT2D eigenvalue weighted by Gasteiger charge is -2.30. The second-order valence-corrected chi connectivity index (χ2v) is 6.13. The van der Waals surface area contributed by atoms with E-state index in [0.29, 0.717) is 11.3 Å². The van der Waals surface area contributed by atoms with Gasteiger partial charge in [-0.15, -0.1) is 0 Å². The zero-order valence-electron chi connectivity index (χ0n) is 12.3. The Hall–Kier alpha value is -0.900. The van der Waals surface area contributed by atoms with E-state index in [2.05, 4.69) is 42.9 Å². The summed E-state index contributed by atoms with van der Waals surface area (Å²) in [5.74, 6) is 2.60. The number of rotatable bonds is 7. The lowest BCUT2D eigenvalue weighted by atomic mass is 9.76. The molecule has 0 saturated carbocycles. The van der Waals surface area contributed by atoms with Gasteiger partial charge in [0, 0.05) is 12.8 Å². The Morgan fingerprint density at radius 2 is 1.94 bits per heavy atom. The summed E-state index contributed by atoms with van der Waals surface area (Å²) in [4.78, 5) is 4.52. The van der Waals surface area contributed by atoms with Gasteiger partial charge in [-0.05, 0) is 37.1 Å². The number of aryl methyl sites for hydroxylation is 2. The molecule has 0 aliphatic rings. The fraction of sp³-hybridized carbons (Fsp3) is 0.857. The van der Waals surface area contributed by atoms with Crippen LogP contribution in [0.4, 0.5) is 0 Å². The third-order valence-electron chi connectivity index (χ3n) is 3.52. The standard InChI is InChI=1S/C14H28N4/c1-5-6-12-16-13(18-17-12)8-7-11(9-10-15)14(2,3)4/h11H,5-10,15H2,1-4H3,(H,16,17,18). The van der Waals surface area contributed by atoms with Gasteiger partial charge in [-0.3, -0.25) is 5.10 Å². The van der Waals surface area contributed by atoms with Crippen molar-refractivity contribution in [1.29, 1.82) is 0 Å². The molecule has 4 heteroatoms. The molecule has 0 saturated heterocycles. The highest BCUT2D eigenvalue weighted by atomic mass is 15.2. The van der Waals surface area contributed by atoms with Crippen LogP contribution in [0.5, 0.6) is 0 Å². The summed E-state index contributed by atoms with van der Waals surface area (Å²) >= 11 is 0. The summed E-state index contributed by atoms with van der Waals surface area (Å²) in [6, 6.07) is 0. The number of nitrogens with one attached hydrogen (secondary N) is 1. The van der Waals surface area contributed by atoms with Gasteiger partial charge >= 0.3 is 0 Å². The maximum Gasteiger partial charge on any atom is 0.150 e. The van der Waals surface area contributed by atoms with Gasteiger partial charge in [-0.2, -0.15) is 5.10 Å². The van der Waals surface area contributed by atoms with Crippen LogP contribution in [0.3, 0.4) is 0 Å². The molecule has 1 heterocycles. The predicted octanol–water partition coefficient (Wildman–Crippen LogP) is 2.70. The zero-order valence-corrected chi connectivity index (χ0v) is 12.3.